The Morgan fingerprint density at radius 1 is 1.62 bits per heavy atom. The third kappa shape index (κ3) is 1.35. The summed E-state index contributed by atoms with van der Waals surface area (Å²) in [6.45, 7) is 2.01. The van der Waals surface area contributed by atoms with Crippen molar-refractivity contribution in [2.45, 2.75) is 13.3 Å². The highest BCUT2D eigenvalue weighted by Gasteiger charge is 2.18. The smallest absolute Gasteiger partial charge is 0.115 e. The fourth-order valence-electron chi connectivity index (χ4n) is 0.950. The first-order chi connectivity index (χ1) is 3.60. The standard InChI is InChI=1S/C5H11O2P/c1-5-2-3-8(6,7)4-5/h4-7H,2-3H2,1H3. The molecule has 3 heteroatoms. The van der Waals surface area contributed by atoms with Crippen molar-refractivity contribution in [3.05, 3.63) is 0 Å². The van der Waals surface area contributed by atoms with Gasteiger partial charge in [-0.25, -0.2) is 0 Å². The molecule has 2 nitrogen and oxygen atoms in total. The van der Waals surface area contributed by atoms with Crippen molar-refractivity contribution >= 4 is 13.1 Å². The predicted octanol–water partition coefficient (Wildman–Crippen LogP) is 0.661. The molecule has 48 valence electrons. The maximum Gasteiger partial charge on any atom is 0.115 e. The molecule has 1 aliphatic rings. The molecule has 0 bridgehead atoms. The summed E-state index contributed by atoms with van der Waals surface area (Å²) in [4.78, 5) is 18.0. The average Bonchev–Trinajstić information content (AvgIpc) is 1.82. The molecule has 1 atom stereocenters. The molecule has 8 heavy (non-hydrogen) atoms. The van der Waals surface area contributed by atoms with Crippen LogP contribution in [0.25, 0.3) is 0 Å². The van der Waals surface area contributed by atoms with Crippen molar-refractivity contribution in [3.8, 4) is 0 Å². The van der Waals surface area contributed by atoms with Gasteiger partial charge in [0.05, 0.1) is 0 Å². The van der Waals surface area contributed by atoms with Gasteiger partial charge >= 0.3 is 0 Å². The van der Waals surface area contributed by atoms with Crippen molar-refractivity contribution in [1.82, 2.24) is 0 Å². The quantitative estimate of drug-likeness (QED) is 0.478. The van der Waals surface area contributed by atoms with Crippen molar-refractivity contribution in [3.63, 3.8) is 0 Å². The Bertz CT molecular complexity index is 135. The Hall–Kier alpha value is 0.220. The van der Waals surface area contributed by atoms with Crippen LogP contribution in [0, 0.1) is 5.92 Å². The Labute approximate surface area is 49.3 Å². The highest BCUT2D eigenvalue weighted by Crippen LogP contribution is 2.43. The molecule has 0 aromatic rings. The fraction of sp³-hybridized carbons (Fsp3) is 0.800. The molecule has 0 amide bonds. The molecule has 1 rings (SSSR count). The van der Waals surface area contributed by atoms with E-state index in [0.717, 1.165) is 6.42 Å². The van der Waals surface area contributed by atoms with Gasteiger partial charge in [0.25, 0.3) is 0 Å². The largest absolute Gasteiger partial charge is 0.353 e. The first-order valence-electron chi connectivity index (χ1n) is 2.79. The lowest BCUT2D eigenvalue weighted by Crippen LogP contribution is -1.85. The summed E-state index contributed by atoms with van der Waals surface area (Å²) < 4.78 is 0. The van der Waals surface area contributed by atoms with Crippen LogP contribution in [0.3, 0.4) is 0 Å². The van der Waals surface area contributed by atoms with E-state index < -0.39 is 7.34 Å². The summed E-state index contributed by atoms with van der Waals surface area (Å²) >= 11 is 0. The van der Waals surface area contributed by atoms with E-state index in [0.29, 0.717) is 12.1 Å². The Balaban J connectivity index is 2.71. The summed E-state index contributed by atoms with van der Waals surface area (Å²) in [5.41, 5.74) is 0. The molecular weight excluding hydrogens is 123 g/mol. The lowest BCUT2D eigenvalue weighted by atomic mass is 10.2. The Morgan fingerprint density at radius 2 is 2.25 bits per heavy atom. The molecule has 0 spiro atoms. The molecule has 0 fully saturated rings. The number of rotatable bonds is 0. The number of hydrogen-bond acceptors (Lipinski definition) is 2. The Kier molecular flexibility index (Phi) is 1.48. The van der Waals surface area contributed by atoms with Crippen LogP contribution < -0.4 is 0 Å². The molecular formula is C5H11O2P. The first kappa shape index (κ1) is 6.34. The van der Waals surface area contributed by atoms with Crippen molar-refractivity contribution in [2.75, 3.05) is 6.16 Å². The van der Waals surface area contributed by atoms with E-state index >= 15 is 0 Å². The highest BCUT2D eigenvalue weighted by molar-refractivity contribution is 7.64. The van der Waals surface area contributed by atoms with Gasteiger partial charge in [0, 0.05) is 6.16 Å². The molecule has 0 saturated carbocycles. The van der Waals surface area contributed by atoms with E-state index in [4.69, 9.17) is 9.79 Å². The minimum absolute atomic E-state index is 0.415. The van der Waals surface area contributed by atoms with Crippen LogP contribution in [-0.4, -0.2) is 21.7 Å². The van der Waals surface area contributed by atoms with Crippen LogP contribution in [-0.2, 0) is 0 Å². The SMILES string of the molecule is CC1C=P(O)(O)CC1. The van der Waals surface area contributed by atoms with Crippen LogP contribution in [0.5, 0.6) is 0 Å². The van der Waals surface area contributed by atoms with E-state index in [1.807, 2.05) is 6.92 Å². The topological polar surface area (TPSA) is 40.5 Å². The van der Waals surface area contributed by atoms with Gasteiger partial charge in [0.1, 0.15) is 7.34 Å². The molecule has 0 aromatic carbocycles. The normalized spacial score (nSPS) is 34.6. The zero-order valence-corrected chi connectivity index (χ0v) is 5.80. The van der Waals surface area contributed by atoms with Crippen LogP contribution in [0.15, 0.2) is 0 Å². The van der Waals surface area contributed by atoms with Crippen molar-refractivity contribution in [1.29, 1.82) is 0 Å². The summed E-state index contributed by atoms with van der Waals surface area (Å²) in [7, 11) is -2.47. The molecule has 0 saturated heterocycles. The molecule has 0 radical (unpaired) electrons. The van der Waals surface area contributed by atoms with Gasteiger partial charge < -0.3 is 9.79 Å². The summed E-state index contributed by atoms with van der Waals surface area (Å²) in [6, 6.07) is 0. The second kappa shape index (κ2) is 1.87. The van der Waals surface area contributed by atoms with Crippen LogP contribution in [0.4, 0.5) is 0 Å². The lowest BCUT2D eigenvalue weighted by Gasteiger charge is -2.01. The van der Waals surface area contributed by atoms with Crippen molar-refractivity contribution < 1.29 is 9.79 Å². The second-order valence-electron chi connectivity index (χ2n) is 2.42. The van der Waals surface area contributed by atoms with Gasteiger partial charge in [-0.3, -0.25) is 0 Å². The lowest BCUT2D eigenvalue weighted by molar-refractivity contribution is 0.477. The Morgan fingerprint density at radius 3 is 2.38 bits per heavy atom. The predicted molar refractivity (Wildman–Crippen MR) is 36.1 cm³/mol. The van der Waals surface area contributed by atoms with Crippen LogP contribution in [0.1, 0.15) is 13.3 Å². The van der Waals surface area contributed by atoms with Gasteiger partial charge in [-0.1, -0.05) is 6.92 Å². The van der Waals surface area contributed by atoms with Crippen LogP contribution >= 0.6 is 7.34 Å². The zero-order chi connectivity index (χ0) is 6.20. The van der Waals surface area contributed by atoms with E-state index in [1.165, 1.54) is 0 Å². The van der Waals surface area contributed by atoms with E-state index in [-0.39, 0.29) is 0 Å². The van der Waals surface area contributed by atoms with Gasteiger partial charge in [-0.15, -0.1) is 0 Å². The third-order valence-corrected chi connectivity index (χ3v) is 3.31. The minimum Gasteiger partial charge on any atom is -0.353 e. The second-order valence-corrected chi connectivity index (χ2v) is 4.74. The average molecular weight is 134 g/mol. The van der Waals surface area contributed by atoms with E-state index in [2.05, 4.69) is 0 Å². The summed E-state index contributed by atoms with van der Waals surface area (Å²) in [5, 5.41) is 0. The first-order valence-corrected chi connectivity index (χ1v) is 4.74. The third-order valence-electron chi connectivity index (χ3n) is 1.41. The maximum absolute atomic E-state index is 8.98. The number of hydrogen-bond donors (Lipinski definition) is 2. The minimum atomic E-state index is -2.47. The van der Waals surface area contributed by atoms with Gasteiger partial charge in [-0.05, 0) is 18.1 Å². The van der Waals surface area contributed by atoms with E-state index in [1.54, 1.807) is 5.80 Å². The maximum atomic E-state index is 8.98. The van der Waals surface area contributed by atoms with Gasteiger partial charge in [0.15, 0.2) is 0 Å². The van der Waals surface area contributed by atoms with Crippen LogP contribution in [0.2, 0.25) is 0 Å². The molecule has 0 aliphatic carbocycles. The van der Waals surface area contributed by atoms with Crippen molar-refractivity contribution in [2.24, 2.45) is 5.92 Å². The van der Waals surface area contributed by atoms with E-state index in [9.17, 15) is 0 Å². The molecule has 2 N–H and O–H groups in total. The molecule has 1 heterocycles. The monoisotopic (exact) mass is 134 g/mol. The molecule has 1 aliphatic heterocycles. The molecule has 0 aromatic heterocycles. The highest BCUT2D eigenvalue weighted by atomic mass is 31.2. The zero-order valence-electron chi connectivity index (χ0n) is 4.91. The molecule has 1 unspecified atom stereocenters. The van der Waals surface area contributed by atoms with Gasteiger partial charge in [0.2, 0.25) is 0 Å². The summed E-state index contributed by atoms with van der Waals surface area (Å²) in [6.07, 6.45) is 1.55. The van der Waals surface area contributed by atoms with Gasteiger partial charge in [-0.2, -0.15) is 0 Å². The fourth-order valence-corrected chi connectivity index (χ4v) is 2.85. The summed E-state index contributed by atoms with van der Waals surface area (Å²) in [5.74, 6) is 2.10.